The van der Waals surface area contributed by atoms with Crippen molar-refractivity contribution in [2.45, 2.75) is 19.4 Å². The maximum absolute atomic E-state index is 13.7. The van der Waals surface area contributed by atoms with E-state index >= 15 is 0 Å². The number of benzene rings is 2. The number of halogens is 1. The molecule has 0 amide bonds. The lowest BCUT2D eigenvalue weighted by Gasteiger charge is -2.05. The number of carbonyl (C=O) groups excluding carboxylic acids is 1. The van der Waals surface area contributed by atoms with Gasteiger partial charge in [0.15, 0.2) is 11.7 Å². The van der Waals surface area contributed by atoms with Crippen molar-refractivity contribution in [2.75, 3.05) is 0 Å². The molecule has 138 valence electrons. The lowest BCUT2D eigenvalue weighted by molar-refractivity contribution is -0.385. The topological polar surface area (TPSA) is 95.5 Å². The van der Waals surface area contributed by atoms with Crippen LogP contribution in [0, 0.1) is 15.9 Å². The molecule has 3 rings (SSSR count). The second-order valence-electron chi connectivity index (χ2n) is 5.64. The van der Waals surface area contributed by atoms with Crippen LogP contribution in [0.3, 0.4) is 0 Å². The average molecular weight is 370 g/mol. The van der Waals surface area contributed by atoms with Gasteiger partial charge in [-0.25, -0.2) is 9.37 Å². The van der Waals surface area contributed by atoms with Crippen molar-refractivity contribution >= 4 is 11.7 Å². The van der Waals surface area contributed by atoms with Crippen LogP contribution in [0.25, 0.3) is 11.3 Å². The van der Waals surface area contributed by atoms with E-state index in [1.54, 1.807) is 30.3 Å². The van der Waals surface area contributed by atoms with Crippen molar-refractivity contribution in [3.8, 4) is 11.3 Å². The third-order valence-electron chi connectivity index (χ3n) is 3.81. The molecule has 2 aromatic carbocycles. The summed E-state index contributed by atoms with van der Waals surface area (Å²) in [7, 11) is 0. The van der Waals surface area contributed by atoms with Crippen LogP contribution in [0.15, 0.2) is 59.1 Å². The number of hydrogen-bond donors (Lipinski definition) is 0. The maximum atomic E-state index is 13.7. The number of hydrogen-bond acceptors (Lipinski definition) is 6. The molecular weight excluding hydrogens is 355 g/mol. The predicted octanol–water partition coefficient (Wildman–Crippen LogP) is 4.06. The monoisotopic (exact) mass is 370 g/mol. The molecule has 8 heteroatoms. The third kappa shape index (κ3) is 4.55. The minimum absolute atomic E-state index is 0.0160. The molecule has 0 saturated carbocycles. The van der Waals surface area contributed by atoms with Crippen LogP contribution in [0.5, 0.6) is 0 Å². The highest BCUT2D eigenvalue weighted by Gasteiger charge is 2.15. The van der Waals surface area contributed by atoms with Crippen molar-refractivity contribution in [1.29, 1.82) is 0 Å². The molecule has 0 atom stereocenters. The van der Waals surface area contributed by atoms with Crippen molar-refractivity contribution in [3.63, 3.8) is 0 Å². The predicted molar refractivity (Wildman–Crippen MR) is 93.1 cm³/mol. The van der Waals surface area contributed by atoms with Gasteiger partial charge in [0, 0.05) is 12.5 Å². The first kappa shape index (κ1) is 18.2. The van der Waals surface area contributed by atoms with Crippen LogP contribution < -0.4 is 0 Å². The van der Waals surface area contributed by atoms with Crippen LogP contribution in [0.1, 0.15) is 17.9 Å². The molecule has 0 aliphatic rings. The first-order valence-electron chi connectivity index (χ1n) is 8.12. The van der Waals surface area contributed by atoms with Crippen molar-refractivity contribution in [2.24, 2.45) is 0 Å². The van der Waals surface area contributed by atoms with E-state index in [2.05, 4.69) is 4.98 Å². The number of aryl methyl sites for hydroxylation is 1. The molecule has 0 aliphatic heterocycles. The molecule has 0 unspecified atom stereocenters. The second kappa shape index (κ2) is 8.22. The quantitative estimate of drug-likeness (QED) is 0.353. The Morgan fingerprint density at radius 3 is 2.70 bits per heavy atom. The minimum Gasteiger partial charge on any atom is -0.461 e. The van der Waals surface area contributed by atoms with Crippen molar-refractivity contribution in [3.05, 3.63) is 82.1 Å². The zero-order valence-corrected chi connectivity index (χ0v) is 14.1. The summed E-state index contributed by atoms with van der Waals surface area (Å²) in [5.41, 5.74) is 0.497. The van der Waals surface area contributed by atoms with Gasteiger partial charge in [0.2, 0.25) is 0 Å². The Labute approximate surface area is 153 Å². The van der Waals surface area contributed by atoms with Crippen LogP contribution in [-0.4, -0.2) is 15.9 Å². The lowest BCUT2D eigenvalue weighted by atomic mass is 10.2. The van der Waals surface area contributed by atoms with Crippen LogP contribution in [0.4, 0.5) is 10.1 Å². The highest BCUT2D eigenvalue weighted by Crippen LogP contribution is 2.24. The van der Waals surface area contributed by atoms with Gasteiger partial charge >= 0.3 is 5.97 Å². The maximum Gasteiger partial charge on any atom is 0.306 e. The summed E-state index contributed by atoms with van der Waals surface area (Å²) < 4.78 is 24.3. The molecule has 1 aromatic heterocycles. The summed E-state index contributed by atoms with van der Waals surface area (Å²) in [6.07, 6.45) is 1.55. The van der Waals surface area contributed by atoms with Gasteiger partial charge in [-0.3, -0.25) is 14.9 Å². The highest BCUT2D eigenvalue weighted by molar-refractivity contribution is 5.69. The SMILES string of the molecule is O=C(CCc1ncc(-c2ccccc2F)o1)OCc1ccccc1[N+](=O)[O-]. The largest absolute Gasteiger partial charge is 0.461 e. The number of nitro benzene ring substituents is 1. The van der Waals surface area contributed by atoms with Gasteiger partial charge in [0.25, 0.3) is 5.69 Å². The first-order valence-corrected chi connectivity index (χ1v) is 8.12. The normalized spacial score (nSPS) is 10.6. The molecule has 0 radical (unpaired) electrons. The molecule has 0 bridgehead atoms. The second-order valence-corrected chi connectivity index (χ2v) is 5.64. The fourth-order valence-electron chi connectivity index (χ4n) is 2.46. The van der Waals surface area contributed by atoms with E-state index in [0.29, 0.717) is 5.56 Å². The van der Waals surface area contributed by atoms with E-state index < -0.39 is 16.7 Å². The third-order valence-corrected chi connectivity index (χ3v) is 3.81. The Morgan fingerprint density at radius 2 is 1.93 bits per heavy atom. The summed E-state index contributed by atoms with van der Waals surface area (Å²) in [6.45, 7) is -0.192. The molecule has 0 spiro atoms. The molecule has 0 saturated heterocycles. The average Bonchev–Trinajstić information content (AvgIpc) is 3.14. The van der Waals surface area contributed by atoms with E-state index in [4.69, 9.17) is 9.15 Å². The fraction of sp³-hybridized carbons (Fsp3) is 0.158. The van der Waals surface area contributed by atoms with Crippen molar-refractivity contribution in [1.82, 2.24) is 4.98 Å². The zero-order valence-electron chi connectivity index (χ0n) is 14.1. The van der Waals surface area contributed by atoms with Gasteiger partial charge in [0.05, 0.1) is 28.7 Å². The Bertz CT molecular complexity index is 970. The van der Waals surface area contributed by atoms with Crippen LogP contribution >= 0.6 is 0 Å². The molecule has 0 fully saturated rings. The van der Waals surface area contributed by atoms with Gasteiger partial charge in [-0.15, -0.1) is 0 Å². The number of rotatable bonds is 7. The number of ether oxygens (including phenoxy) is 1. The van der Waals surface area contributed by atoms with Crippen LogP contribution in [0.2, 0.25) is 0 Å². The highest BCUT2D eigenvalue weighted by atomic mass is 19.1. The Hall–Kier alpha value is -3.55. The molecule has 3 aromatic rings. The molecule has 1 heterocycles. The number of carbonyl (C=O) groups is 1. The van der Waals surface area contributed by atoms with E-state index in [-0.39, 0.29) is 42.4 Å². The van der Waals surface area contributed by atoms with Gasteiger partial charge in [0.1, 0.15) is 12.4 Å². The Morgan fingerprint density at radius 1 is 1.19 bits per heavy atom. The summed E-state index contributed by atoms with van der Waals surface area (Å²) in [5, 5.41) is 10.9. The van der Waals surface area contributed by atoms with E-state index in [1.165, 1.54) is 24.4 Å². The number of esters is 1. The number of para-hydroxylation sites is 1. The van der Waals surface area contributed by atoms with Gasteiger partial charge in [-0.2, -0.15) is 0 Å². The Kier molecular flexibility index (Phi) is 5.55. The molecular formula is C19H15FN2O5. The Balaban J connectivity index is 1.55. The summed E-state index contributed by atoms with van der Waals surface area (Å²) in [6, 6.07) is 12.2. The van der Waals surface area contributed by atoms with E-state index in [1.807, 2.05) is 0 Å². The smallest absolute Gasteiger partial charge is 0.306 e. The summed E-state index contributed by atoms with van der Waals surface area (Å²) in [5.74, 6) is -0.421. The zero-order chi connectivity index (χ0) is 19.2. The van der Waals surface area contributed by atoms with Gasteiger partial charge in [-0.05, 0) is 18.2 Å². The van der Waals surface area contributed by atoms with E-state index in [0.717, 1.165) is 0 Å². The molecule has 0 N–H and O–H groups in total. The number of aromatic nitrogens is 1. The molecule has 0 aliphatic carbocycles. The lowest BCUT2D eigenvalue weighted by Crippen LogP contribution is -2.07. The fourth-order valence-corrected chi connectivity index (χ4v) is 2.46. The van der Waals surface area contributed by atoms with Crippen LogP contribution in [-0.2, 0) is 22.6 Å². The number of nitrogens with zero attached hydrogens (tertiary/aromatic N) is 2. The summed E-state index contributed by atoms with van der Waals surface area (Å²) in [4.78, 5) is 26.3. The van der Waals surface area contributed by atoms with Gasteiger partial charge < -0.3 is 9.15 Å². The van der Waals surface area contributed by atoms with E-state index in [9.17, 15) is 19.3 Å². The van der Waals surface area contributed by atoms with Crippen molar-refractivity contribution < 1.29 is 23.3 Å². The number of oxazole rings is 1. The minimum atomic E-state index is -0.543. The molecule has 27 heavy (non-hydrogen) atoms. The number of nitro groups is 1. The van der Waals surface area contributed by atoms with Gasteiger partial charge in [-0.1, -0.05) is 24.3 Å². The summed E-state index contributed by atoms with van der Waals surface area (Å²) >= 11 is 0. The molecule has 7 nitrogen and oxygen atoms in total. The first-order chi connectivity index (χ1) is 13.0. The standard InChI is InChI=1S/C19H15FN2O5/c20-15-7-3-2-6-14(15)17-11-21-18(27-17)9-10-19(23)26-12-13-5-1-4-8-16(13)22(24)25/h1-8,11H,9-10,12H2.